The van der Waals surface area contributed by atoms with Gasteiger partial charge in [0, 0.05) is 0 Å². The summed E-state index contributed by atoms with van der Waals surface area (Å²) in [6.45, 7) is 4.50. The fourth-order valence-corrected chi connectivity index (χ4v) is 0. The molecule has 0 saturated carbocycles. The second-order valence-electron chi connectivity index (χ2n) is 1.81. The van der Waals surface area contributed by atoms with Crippen molar-refractivity contribution in [2.45, 2.75) is 12.4 Å². The molecule has 16 heavy (non-hydrogen) atoms. The van der Waals surface area contributed by atoms with Crippen molar-refractivity contribution < 1.29 is 35.4 Å². The molecular formula is C6H6Cl2F8. The van der Waals surface area contributed by atoms with Crippen molar-refractivity contribution in [3.05, 3.63) is 24.0 Å². The summed E-state index contributed by atoms with van der Waals surface area (Å²) in [5.74, 6) is -2.26. The van der Waals surface area contributed by atoms with Gasteiger partial charge in [-0.25, -0.2) is 4.39 Å². The van der Waals surface area contributed by atoms with Crippen LogP contribution in [0.5, 0.6) is 0 Å². The van der Waals surface area contributed by atoms with Gasteiger partial charge >= 0.3 is 12.4 Å². The minimum Gasteiger partial charge on any atom is -0.269 e. The van der Waals surface area contributed by atoms with E-state index in [0.29, 0.717) is 0 Å². The van der Waals surface area contributed by atoms with Crippen LogP contribution in [0.2, 0.25) is 0 Å². The van der Waals surface area contributed by atoms with E-state index in [-0.39, 0.29) is 17.1 Å². The van der Waals surface area contributed by atoms with E-state index in [1.807, 2.05) is 6.58 Å². The largest absolute Gasteiger partial charge is 0.442 e. The molecule has 0 aromatic heterocycles. The van der Waals surface area contributed by atoms with Gasteiger partial charge in [-0.15, -0.1) is 12.4 Å². The third-order valence-electron chi connectivity index (χ3n) is 0.615. The lowest BCUT2D eigenvalue weighted by atomic mass is 10.6. The highest BCUT2D eigenvalue weighted by Gasteiger charge is 2.32. The molecule has 0 radical (unpaired) electrons. The van der Waals surface area contributed by atoms with E-state index in [1.54, 1.807) is 0 Å². The lowest BCUT2D eigenvalue weighted by molar-refractivity contribution is -0.108. The highest BCUT2D eigenvalue weighted by Crippen LogP contribution is 2.26. The van der Waals surface area contributed by atoms with Gasteiger partial charge < -0.3 is 0 Å². The van der Waals surface area contributed by atoms with Crippen molar-refractivity contribution in [3.8, 4) is 0 Å². The van der Waals surface area contributed by atoms with Crippen LogP contribution in [0.1, 0.15) is 0 Å². The summed E-state index contributed by atoms with van der Waals surface area (Å²) in [6, 6.07) is 0. The lowest BCUT2D eigenvalue weighted by Crippen LogP contribution is -2.05. The van der Waals surface area contributed by atoms with Crippen LogP contribution >= 0.6 is 24.0 Å². The zero-order valence-corrected chi connectivity index (χ0v) is 8.83. The maximum absolute atomic E-state index is 10.9. The van der Waals surface area contributed by atoms with E-state index < -0.39 is 23.2 Å². The first kappa shape index (κ1) is 24.6. The van der Waals surface area contributed by atoms with Crippen molar-refractivity contribution in [1.82, 2.24) is 0 Å². The van der Waals surface area contributed by atoms with Crippen LogP contribution in [0.4, 0.5) is 35.4 Å². The van der Waals surface area contributed by atoms with E-state index >= 15 is 0 Å². The topological polar surface area (TPSA) is 0 Å². The monoisotopic (exact) mass is 300 g/mol. The Hall–Kier alpha value is -0.500. The average Bonchev–Trinajstić information content (AvgIpc) is 1.83. The predicted molar refractivity (Wildman–Crippen MR) is 47.1 cm³/mol. The van der Waals surface area contributed by atoms with Gasteiger partial charge in [-0.1, -0.05) is 24.8 Å². The number of rotatable bonds is 0. The number of halogens is 10. The van der Waals surface area contributed by atoms with Gasteiger partial charge in [-0.05, 0) is 0 Å². The Morgan fingerprint density at radius 3 is 1.00 bits per heavy atom. The number of hydrogen-bond donors (Lipinski definition) is 0. The Morgan fingerprint density at radius 1 is 0.875 bits per heavy atom. The molecule has 0 aliphatic rings. The molecular weight excluding hydrogens is 295 g/mol. The molecule has 0 aromatic rings. The summed E-state index contributed by atoms with van der Waals surface area (Å²) < 4.78 is 75.8. The Bertz CT molecular complexity index is 192. The third kappa shape index (κ3) is 15.9. The standard InChI is InChI=1S/C3H2ClF3.C3H2F4.ClH.FH/c2*1-2(4)3(5,6)7;;/h2*1H2;2*1H. The van der Waals surface area contributed by atoms with Crippen LogP contribution in [-0.4, -0.2) is 12.4 Å². The van der Waals surface area contributed by atoms with Crippen LogP contribution in [0.25, 0.3) is 0 Å². The van der Waals surface area contributed by atoms with Crippen LogP contribution in [0.15, 0.2) is 24.0 Å². The fraction of sp³-hybridized carbons (Fsp3) is 0.333. The molecule has 0 spiro atoms. The molecule has 0 aliphatic heterocycles. The fourth-order valence-electron chi connectivity index (χ4n) is 0. The van der Waals surface area contributed by atoms with Crippen molar-refractivity contribution in [2.24, 2.45) is 0 Å². The summed E-state index contributed by atoms with van der Waals surface area (Å²) in [4.78, 5) is 0. The highest BCUT2D eigenvalue weighted by atomic mass is 35.5. The van der Waals surface area contributed by atoms with Gasteiger partial charge in [-0.3, -0.25) is 4.70 Å². The summed E-state index contributed by atoms with van der Waals surface area (Å²) >= 11 is 4.43. The molecule has 10 heteroatoms. The van der Waals surface area contributed by atoms with Gasteiger partial charge in [0.25, 0.3) is 0 Å². The Balaban J connectivity index is -0.0000000800. The number of hydrogen-bond acceptors (Lipinski definition) is 0. The van der Waals surface area contributed by atoms with Crippen LogP contribution in [0.3, 0.4) is 0 Å². The molecule has 0 saturated heterocycles. The minimum atomic E-state index is -4.86. The van der Waals surface area contributed by atoms with Crippen molar-refractivity contribution in [3.63, 3.8) is 0 Å². The first-order valence-corrected chi connectivity index (χ1v) is 3.10. The predicted octanol–water partition coefficient (Wildman–Crippen LogP) is 4.91. The second kappa shape index (κ2) is 8.63. The Morgan fingerprint density at radius 2 is 1.00 bits per heavy atom. The second-order valence-corrected chi connectivity index (χ2v) is 2.26. The molecule has 100 valence electrons. The molecule has 0 rings (SSSR count). The molecule has 0 heterocycles. The zero-order valence-electron chi connectivity index (χ0n) is 7.25. The molecule has 0 amide bonds. The highest BCUT2D eigenvalue weighted by molar-refractivity contribution is 6.29. The first-order valence-electron chi connectivity index (χ1n) is 2.72. The normalized spacial score (nSPS) is 10.0. The summed E-state index contributed by atoms with van der Waals surface area (Å²) in [6.07, 6.45) is -9.29. The van der Waals surface area contributed by atoms with Gasteiger partial charge in [0.05, 0.1) is 0 Å². The van der Waals surface area contributed by atoms with Crippen LogP contribution < -0.4 is 0 Å². The van der Waals surface area contributed by atoms with Gasteiger partial charge in [0.2, 0.25) is 0 Å². The summed E-state index contributed by atoms with van der Waals surface area (Å²) in [5.41, 5.74) is 0. The van der Waals surface area contributed by atoms with Crippen molar-refractivity contribution >= 4 is 24.0 Å². The summed E-state index contributed by atoms with van der Waals surface area (Å²) in [7, 11) is 0. The van der Waals surface area contributed by atoms with Gasteiger partial charge in [0.15, 0.2) is 5.83 Å². The lowest BCUT2D eigenvalue weighted by Gasteiger charge is -1.98. The first-order chi connectivity index (χ1) is 5.89. The quantitative estimate of drug-likeness (QED) is 0.558. The number of alkyl halides is 6. The van der Waals surface area contributed by atoms with Crippen molar-refractivity contribution in [1.29, 1.82) is 0 Å². The maximum atomic E-state index is 10.9. The average molecular weight is 301 g/mol. The zero-order chi connectivity index (χ0) is 12.2. The van der Waals surface area contributed by atoms with Crippen LogP contribution in [0, 0.1) is 0 Å². The molecule has 0 aliphatic carbocycles. The molecule has 0 N–H and O–H groups in total. The van der Waals surface area contributed by atoms with Gasteiger partial charge in [-0.2, -0.15) is 26.3 Å². The maximum Gasteiger partial charge on any atom is 0.442 e. The molecule has 0 fully saturated rings. The van der Waals surface area contributed by atoms with Gasteiger partial charge in [0.1, 0.15) is 5.03 Å². The van der Waals surface area contributed by atoms with Crippen LogP contribution in [-0.2, 0) is 0 Å². The summed E-state index contributed by atoms with van der Waals surface area (Å²) in [5, 5.41) is -1.28. The van der Waals surface area contributed by atoms with E-state index in [4.69, 9.17) is 0 Å². The SMILES string of the molecule is C=C(Cl)C(F)(F)F.C=C(F)C(F)(F)F.Cl.F. The van der Waals surface area contributed by atoms with E-state index in [0.717, 1.165) is 0 Å². The molecule has 0 unspecified atom stereocenters. The molecule has 0 aromatic carbocycles. The Labute approximate surface area is 96.5 Å². The minimum absolute atomic E-state index is 0. The Kier molecular flexibility index (Phi) is 13.3. The van der Waals surface area contributed by atoms with E-state index in [2.05, 4.69) is 18.2 Å². The van der Waals surface area contributed by atoms with E-state index in [9.17, 15) is 30.7 Å². The molecule has 0 atom stereocenters. The number of allylic oxidation sites excluding steroid dienone is 2. The molecule has 0 nitrogen and oxygen atoms in total. The van der Waals surface area contributed by atoms with Crippen molar-refractivity contribution in [2.75, 3.05) is 0 Å². The van der Waals surface area contributed by atoms with E-state index in [1.165, 1.54) is 0 Å². The smallest absolute Gasteiger partial charge is 0.269 e. The third-order valence-corrected chi connectivity index (χ3v) is 0.829. The molecule has 0 bridgehead atoms.